The molecule has 0 aromatic heterocycles. The van der Waals surface area contributed by atoms with E-state index in [1.54, 1.807) is 20.3 Å². The zero-order valence-electron chi connectivity index (χ0n) is 15.2. The van der Waals surface area contributed by atoms with Crippen molar-refractivity contribution >= 4 is 5.91 Å². The number of halogens is 1. The zero-order chi connectivity index (χ0) is 18.6. The number of carbonyl (C=O) groups is 1. The molecule has 26 heavy (non-hydrogen) atoms. The van der Waals surface area contributed by atoms with Gasteiger partial charge < -0.3 is 14.8 Å². The number of hydrogen-bond donors (Lipinski definition) is 1. The first-order valence-electron chi connectivity index (χ1n) is 8.84. The maximum atomic E-state index is 13.6. The molecule has 1 aliphatic carbocycles. The highest BCUT2D eigenvalue weighted by Gasteiger charge is 2.45. The van der Waals surface area contributed by atoms with Crippen molar-refractivity contribution in [1.29, 1.82) is 0 Å². The minimum Gasteiger partial charge on any atom is -0.493 e. The lowest BCUT2D eigenvalue weighted by molar-refractivity contribution is -0.129. The summed E-state index contributed by atoms with van der Waals surface area (Å²) < 4.78 is 24.1. The van der Waals surface area contributed by atoms with Gasteiger partial charge in [0.15, 0.2) is 11.5 Å². The van der Waals surface area contributed by atoms with Crippen LogP contribution in [0.2, 0.25) is 0 Å². The molecule has 0 unspecified atom stereocenters. The van der Waals surface area contributed by atoms with E-state index in [0.29, 0.717) is 24.5 Å². The molecule has 138 valence electrons. The van der Waals surface area contributed by atoms with E-state index in [1.807, 2.05) is 24.3 Å². The van der Waals surface area contributed by atoms with Crippen LogP contribution in [0.25, 0.3) is 0 Å². The van der Waals surface area contributed by atoms with E-state index in [0.717, 1.165) is 30.4 Å². The van der Waals surface area contributed by atoms with Gasteiger partial charge in [0.05, 0.1) is 19.6 Å². The largest absolute Gasteiger partial charge is 0.493 e. The zero-order valence-corrected chi connectivity index (χ0v) is 15.2. The van der Waals surface area contributed by atoms with Gasteiger partial charge in [-0.2, -0.15) is 0 Å². The second-order valence-electron chi connectivity index (χ2n) is 6.64. The minimum atomic E-state index is -0.584. The van der Waals surface area contributed by atoms with E-state index < -0.39 is 5.41 Å². The van der Waals surface area contributed by atoms with Gasteiger partial charge in [-0.25, -0.2) is 4.39 Å². The topological polar surface area (TPSA) is 47.6 Å². The SMILES string of the molecule is COc1ccc(CCNC(=O)C2(c3cccc(F)c3)CCC2)cc1OC. The number of benzene rings is 2. The Morgan fingerprint density at radius 1 is 1.12 bits per heavy atom. The Bertz CT molecular complexity index is 787. The molecule has 0 atom stereocenters. The van der Waals surface area contributed by atoms with Crippen LogP contribution in [0.5, 0.6) is 11.5 Å². The van der Waals surface area contributed by atoms with Gasteiger partial charge in [-0.05, 0) is 54.7 Å². The van der Waals surface area contributed by atoms with Gasteiger partial charge in [-0.1, -0.05) is 24.6 Å². The normalized spacial score (nSPS) is 15.0. The summed E-state index contributed by atoms with van der Waals surface area (Å²) >= 11 is 0. The summed E-state index contributed by atoms with van der Waals surface area (Å²) in [6.45, 7) is 0.519. The summed E-state index contributed by atoms with van der Waals surface area (Å²) in [7, 11) is 3.20. The van der Waals surface area contributed by atoms with Gasteiger partial charge in [-0.3, -0.25) is 4.79 Å². The van der Waals surface area contributed by atoms with Crippen molar-refractivity contribution in [3.05, 3.63) is 59.4 Å². The second kappa shape index (κ2) is 7.77. The number of methoxy groups -OCH3 is 2. The van der Waals surface area contributed by atoms with E-state index in [1.165, 1.54) is 12.1 Å². The van der Waals surface area contributed by atoms with Crippen LogP contribution in [0.15, 0.2) is 42.5 Å². The molecule has 3 rings (SSSR count). The molecule has 2 aromatic rings. The molecule has 2 aromatic carbocycles. The highest BCUT2D eigenvalue weighted by Crippen LogP contribution is 2.44. The lowest BCUT2D eigenvalue weighted by Gasteiger charge is -2.40. The first-order chi connectivity index (χ1) is 12.6. The number of rotatable bonds is 7. The van der Waals surface area contributed by atoms with Crippen LogP contribution in [-0.2, 0) is 16.6 Å². The van der Waals surface area contributed by atoms with Crippen LogP contribution in [0.4, 0.5) is 4.39 Å². The third-order valence-electron chi connectivity index (χ3n) is 5.17. The fourth-order valence-electron chi connectivity index (χ4n) is 3.49. The maximum Gasteiger partial charge on any atom is 0.230 e. The van der Waals surface area contributed by atoms with Crippen molar-refractivity contribution in [3.8, 4) is 11.5 Å². The molecule has 0 saturated heterocycles. The van der Waals surface area contributed by atoms with Crippen LogP contribution in [0.1, 0.15) is 30.4 Å². The number of amides is 1. The van der Waals surface area contributed by atoms with Crippen LogP contribution in [0.3, 0.4) is 0 Å². The molecule has 1 saturated carbocycles. The average molecular weight is 357 g/mol. The van der Waals surface area contributed by atoms with Crippen molar-refractivity contribution in [1.82, 2.24) is 5.32 Å². The van der Waals surface area contributed by atoms with Crippen molar-refractivity contribution in [2.45, 2.75) is 31.1 Å². The lowest BCUT2D eigenvalue weighted by Crippen LogP contribution is -2.49. The smallest absolute Gasteiger partial charge is 0.230 e. The Morgan fingerprint density at radius 2 is 1.88 bits per heavy atom. The predicted octanol–water partition coefficient (Wildman–Crippen LogP) is 3.62. The third kappa shape index (κ3) is 3.52. The Balaban J connectivity index is 1.63. The van der Waals surface area contributed by atoms with Crippen LogP contribution >= 0.6 is 0 Å². The van der Waals surface area contributed by atoms with Crippen LogP contribution < -0.4 is 14.8 Å². The monoisotopic (exact) mass is 357 g/mol. The molecule has 0 aliphatic heterocycles. The van der Waals surface area contributed by atoms with Crippen molar-refractivity contribution in [3.63, 3.8) is 0 Å². The molecule has 1 amide bonds. The van der Waals surface area contributed by atoms with E-state index in [4.69, 9.17) is 9.47 Å². The number of hydrogen-bond acceptors (Lipinski definition) is 3. The highest BCUT2D eigenvalue weighted by molar-refractivity contribution is 5.89. The Labute approximate surface area is 153 Å². The molecule has 4 nitrogen and oxygen atoms in total. The standard InChI is InChI=1S/C21H24FNO3/c1-25-18-8-7-15(13-19(18)26-2)9-12-23-20(24)21(10-4-11-21)16-5-3-6-17(22)14-16/h3,5-8,13-14H,4,9-12H2,1-2H3,(H,23,24). The molecule has 5 heteroatoms. The summed E-state index contributed by atoms with van der Waals surface area (Å²) in [5.41, 5.74) is 1.24. The maximum absolute atomic E-state index is 13.6. The van der Waals surface area contributed by atoms with Gasteiger partial charge in [0.2, 0.25) is 5.91 Å². The van der Waals surface area contributed by atoms with E-state index >= 15 is 0 Å². The lowest BCUT2D eigenvalue weighted by atomic mass is 9.64. The summed E-state index contributed by atoms with van der Waals surface area (Å²) in [5, 5.41) is 3.02. The van der Waals surface area contributed by atoms with E-state index in [-0.39, 0.29) is 11.7 Å². The Kier molecular flexibility index (Phi) is 5.45. The predicted molar refractivity (Wildman–Crippen MR) is 98.2 cm³/mol. The first-order valence-corrected chi connectivity index (χ1v) is 8.84. The Morgan fingerprint density at radius 3 is 2.50 bits per heavy atom. The molecular weight excluding hydrogens is 333 g/mol. The summed E-state index contributed by atoms with van der Waals surface area (Å²) in [5.74, 6) is 1.04. The second-order valence-corrected chi connectivity index (χ2v) is 6.64. The van der Waals surface area contributed by atoms with E-state index in [9.17, 15) is 9.18 Å². The summed E-state index contributed by atoms with van der Waals surface area (Å²) in [6, 6.07) is 12.1. The highest BCUT2D eigenvalue weighted by atomic mass is 19.1. The number of ether oxygens (including phenoxy) is 2. The molecule has 0 bridgehead atoms. The van der Waals surface area contributed by atoms with Gasteiger partial charge in [0, 0.05) is 6.54 Å². The molecule has 0 radical (unpaired) electrons. The van der Waals surface area contributed by atoms with Gasteiger partial charge in [0.25, 0.3) is 0 Å². The van der Waals surface area contributed by atoms with Gasteiger partial charge in [0.1, 0.15) is 5.82 Å². The summed E-state index contributed by atoms with van der Waals surface area (Å²) in [4.78, 5) is 12.8. The third-order valence-corrected chi connectivity index (χ3v) is 5.17. The molecule has 0 heterocycles. The van der Waals surface area contributed by atoms with Crippen molar-refractivity contribution in [2.24, 2.45) is 0 Å². The van der Waals surface area contributed by atoms with Crippen LogP contribution in [0, 0.1) is 5.82 Å². The average Bonchev–Trinajstić information content (AvgIpc) is 2.60. The quantitative estimate of drug-likeness (QED) is 0.823. The first kappa shape index (κ1) is 18.2. The fraction of sp³-hybridized carbons (Fsp3) is 0.381. The minimum absolute atomic E-state index is 0.0187. The number of carbonyl (C=O) groups excluding carboxylic acids is 1. The fourth-order valence-corrected chi connectivity index (χ4v) is 3.49. The molecule has 0 spiro atoms. The van der Waals surface area contributed by atoms with E-state index in [2.05, 4.69) is 5.32 Å². The van der Waals surface area contributed by atoms with Crippen molar-refractivity contribution < 1.29 is 18.7 Å². The summed E-state index contributed by atoms with van der Waals surface area (Å²) in [6.07, 6.45) is 3.20. The molecule has 1 fully saturated rings. The van der Waals surface area contributed by atoms with Crippen LogP contribution in [-0.4, -0.2) is 26.7 Å². The van der Waals surface area contributed by atoms with Gasteiger partial charge in [-0.15, -0.1) is 0 Å². The van der Waals surface area contributed by atoms with Gasteiger partial charge >= 0.3 is 0 Å². The van der Waals surface area contributed by atoms with Crippen molar-refractivity contribution in [2.75, 3.05) is 20.8 Å². The molecule has 1 aliphatic rings. The molecular formula is C21H24FNO3. The molecule has 1 N–H and O–H groups in total. The number of nitrogens with one attached hydrogen (secondary N) is 1. The Hall–Kier alpha value is -2.56.